The predicted octanol–water partition coefficient (Wildman–Crippen LogP) is 3.69. The largest absolute Gasteiger partial charge is 0.497 e. The Morgan fingerprint density at radius 1 is 1.22 bits per heavy atom. The van der Waals surface area contributed by atoms with Crippen molar-refractivity contribution in [3.8, 4) is 11.8 Å². The molecule has 27 heavy (non-hydrogen) atoms. The van der Waals surface area contributed by atoms with Gasteiger partial charge in [0, 0.05) is 17.0 Å². The molecular formula is C18H14F3N3O2S. The molecule has 0 radical (unpaired) electrons. The van der Waals surface area contributed by atoms with Gasteiger partial charge in [0.2, 0.25) is 0 Å². The number of nitrogens with zero attached hydrogens (tertiary/aromatic N) is 3. The number of benzene rings is 1. The molecule has 1 aromatic rings. The quantitative estimate of drug-likeness (QED) is 0.733. The summed E-state index contributed by atoms with van der Waals surface area (Å²) < 4.78 is 44.8. The van der Waals surface area contributed by atoms with Crippen LogP contribution in [0, 0.1) is 11.3 Å². The molecule has 0 saturated carbocycles. The van der Waals surface area contributed by atoms with Crippen molar-refractivity contribution >= 4 is 28.9 Å². The molecule has 1 fully saturated rings. The number of carbonyl (C=O) groups is 1. The molecule has 1 aliphatic heterocycles. The molecule has 0 atom stereocenters. The van der Waals surface area contributed by atoms with E-state index >= 15 is 0 Å². The molecule has 1 heterocycles. The summed E-state index contributed by atoms with van der Waals surface area (Å²) in [7, 11) is 1.53. The Balaban J connectivity index is 1.92. The molecule has 5 nitrogen and oxygen atoms in total. The summed E-state index contributed by atoms with van der Waals surface area (Å²) in [6.07, 6.45) is -3.78. The van der Waals surface area contributed by atoms with Gasteiger partial charge in [0.15, 0.2) is 5.11 Å². The molecule has 0 bridgehead atoms. The number of halogens is 3. The van der Waals surface area contributed by atoms with Gasteiger partial charge >= 0.3 is 6.18 Å². The molecular weight excluding hydrogens is 379 g/mol. The first kappa shape index (κ1) is 18.9. The second kappa shape index (κ2) is 7.04. The van der Waals surface area contributed by atoms with Gasteiger partial charge in [-0.3, -0.25) is 9.69 Å². The van der Waals surface area contributed by atoms with Crippen LogP contribution < -0.4 is 9.64 Å². The number of allylic oxidation sites excluding steroid dienone is 4. The van der Waals surface area contributed by atoms with E-state index in [1.54, 1.807) is 35.2 Å². The third-order valence-electron chi connectivity index (χ3n) is 4.34. The van der Waals surface area contributed by atoms with Gasteiger partial charge in [-0.15, -0.1) is 0 Å². The van der Waals surface area contributed by atoms with Gasteiger partial charge in [-0.2, -0.15) is 18.4 Å². The van der Waals surface area contributed by atoms with Gasteiger partial charge in [-0.25, -0.2) is 0 Å². The molecule has 2 aliphatic rings. The van der Waals surface area contributed by atoms with Crippen molar-refractivity contribution < 1.29 is 22.7 Å². The molecule has 9 heteroatoms. The maximum atomic E-state index is 13.2. The van der Waals surface area contributed by atoms with E-state index in [1.807, 2.05) is 0 Å². The summed E-state index contributed by atoms with van der Waals surface area (Å²) >= 11 is 5.35. The maximum Gasteiger partial charge on any atom is 0.417 e. The molecule has 1 aliphatic carbocycles. The van der Waals surface area contributed by atoms with Crippen molar-refractivity contribution in [1.29, 1.82) is 5.26 Å². The Morgan fingerprint density at radius 3 is 2.44 bits per heavy atom. The number of hydrogen-bond donors (Lipinski definition) is 0. The molecule has 0 unspecified atom stereocenters. The first-order chi connectivity index (χ1) is 12.8. The molecule has 0 aromatic heterocycles. The summed E-state index contributed by atoms with van der Waals surface area (Å²) in [6, 6.07) is 8.43. The number of nitriles is 1. The summed E-state index contributed by atoms with van der Waals surface area (Å²) in [5, 5.41) is 9.06. The number of rotatable bonds is 3. The van der Waals surface area contributed by atoms with Crippen molar-refractivity contribution in [1.82, 2.24) is 4.90 Å². The zero-order chi connectivity index (χ0) is 19.8. The van der Waals surface area contributed by atoms with Gasteiger partial charge in [-0.1, -0.05) is 0 Å². The number of hydrogen-bond acceptors (Lipinski definition) is 4. The van der Waals surface area contributed by atoms with Crippen LogP contribution in [-0.4, -0.2) is 35.8 Å². The standard InChI is InChI=1S/C18H14F3N3O2S/c1-26-14-6-4-12(5-7-14)23-10-16(25)24(17(23)27)13-3-2-11(9-22)15(8-13)18(19,20)21/h4-8H,2-3,10H2,1H3. The van der Waals surface area contributed by atoms with E-state index in [-0.39, 0.29) is 35.8 Å². The Morgan fingerprint density at radius 2 is 1.89 bits per heavy atom. The van der Waals surface area contributed by atoms with Crippen LogP contribution in [0.4, 0.5) is 18.9 Å². The van der Waals surface area contributed by atoms with Crippen LogP contribution >= 0.6 is 12.2 Å². The summed E-state index contributed by atoms with van der Waals surface area (Å²) in [5.41, 5.74) is -0.578. The van der Waals surface area contributed by atoms with Crippen molar-refractivity contribution in [2.24, 2.45) is 0 Å². The first-order valence-corrected chi connectivity index (χ1v) is 8.36. The van der Waals surface area contributed by atoms with E-state index in [0.717, 1.165) is 11.0 Å². The van der Waals surface area contributed by atoms with Crippen molar-refractivity contribution in [2.75, 3.05) is 18.6 Å². The molecule has 0 N–H and O–H groups in total. The number of alkyl halides is 3. The molecule has 1 aromatic carbocycles. The molecule has 140 valence electrons. The van der Waals surface area contributed by atoms with Crippen LogP contribution in [0.15, 0.2) is 47.2 Å². The number of ether oxygens (including phenoxy) is 1. The highest BCUT2D eigenvalue weighted by atomic mass is 32.1. The van der Waals surface area contributed by atoms with Crippen molar-refractivity contribution in [3.05, 3.63) is 47.2 Å². The SMILES string of the molecule is COc1ccc(N2CC(=O)N(C3=CC(C(F)(F)F)=C(C#N)CC3)C2=S)cc1. The fourth-order valence-corrected chi connectivity index (χ4v) is 3.40. The van der Waals surface area contributed by atoms with Crippen LogP contribution in [0.25, 0.3) is 0 Å². The maximum absolute atomic E-state index is 13.2. The number of thiocarbonyl (C=S) groups is 1. The Bertz CT molecular complexity index is 898. The summed E-state index contributed by atoms with van der Waals surface area (Å²) in [5.74, 6) is 0.218. The monoisotopic (exact) mass is 393 g/mol. The van der Waals surface area contributed by atoms with Crippen LogP contribution in [0.2, 0.25) is 0 Å². The molecule has 1 amide bonds. The highest BCUT2D eigenvalue weighted by Crippen LogP contribution is 2.38. The molecule has 0 spiro atoms. The van der Waals surface area contributed by atoms with Gasteiger partial charge in [0.1, 0.15) is 12.3 Å². The van der Waals surface area contributed by atoms with Crippen molar-refractivity contribution in [2.45, 2.75) is 19.0 Å². The zero-order valence-corrected chi connectivity index (χ0v) is 15.0. The predicted molar refractivity (Wildman–Crippen MR) is 95.8 cm³/mol. The zero-order valence-electron chi connectivity index (χ0n) is 14.2. The second-order valence-corrected chi connectivity index (χ2v) is 6.30. The van der Waals surface area contributed by atoms with Crippen LogP contribution in [0.3, 0.4) is 0 Å². The summed E-state index contributed by atoms with van der Waals surface area (Å²) in [4.78, 5) is 15.1. The number of anilines is 1. The Kier molecular flexibility index (Phi) is 4.93. The Hall–Kier alpha value is -2.86. The second-order valence-electron chi connectivity index (χ2n) is 5.93. The van der Waals surface area contributed by atoms with Gasteiger partial charge in [-0.05, 0) is 55.4 Å². The van der Waals surface area contributed by atoms with Crippen LogP contribution in [-0.2, 0) is 4.79 Å². The number of amides is 1. The first-order valence-electron chi connectivity index (χ1n) is 7.95. The van der Waals surface area contributed by atoms with E-state index in [2.05, 4.69) is 0 Å². The third-order valence-corrected chi connectivity index (χ3v) is 4.75. The lowest BCUT2D eigenvalue weighted by Gasteiger charge is -2.26. The van der Waals surface area contributed by atoms with E-state index in [1.165, 1.54) is 7.11 Å². The average molecular weight is 393 g/mol. The van der Waals surface area contributed by atoms with E-state index < -0.39 is 17.7 Å². The third kappa shape index (κ3) is 3.53. The Labute approximate surface area is 158 Å². The normalized spacial score (nSPS) is 18.0. The van der Waals surface area contributed by atoms with Gasteiger partial charge in [0.05, 0.1) is 18.8 Å². The highest BCUT2D eigenvalue weighted by molar-refractivity contribution is 7.80. The number of methoxy groups -OCH3 is 1. The minimum Gasteiger partial charge on any atom is -0.497 e. The lowest BCUT2D eigenvalue weighted by molar-refractivity contribution is -0.123. The lowest BCUT2D eigenvalue weighted by Crippen LogP contribution is -2.33. The topological polar surface area (TPSA) is 56.6 Å². The fraction of sp³-hybridized carbons (Fsp3) is 0.278. The van der Waals surface area contributed by atoms with Gasteiger partial charge < -0.3 is 9.64 Å². The lowest BCUT2D eigenvalue weighted by atomic mass is 9.95. The van der Waals surface area contributed by atoms with E-state index in [0.29, 0.717) is 11.4 Å². The van der Waals surface area contributed by atoms with E-state index in [4.69, 9.17) is 22.2 Å². The van der Waals surface area contributed by atoms with Gasteiger partial charge in [0.25, 0.3) is 5.91 Å². The fourth-order valence-electron chi connectivity index (χ4n) is 3.01. The van der Waals surface area contributed by atoms with E-state index in [9.17, 15) is 18.0 Å². The average Bonchev–Trinajstić information content (AvgIpc) is 2.95. The van der Waals surface area contributed by atoms with Crippen LogP contribution in [0.5, 0.6) is 5.75 Å². The summed E-state index contributed by atoms with van der Waals surface area (Å²) in [6.45, 7) is -0.0708. The minimum atomic E-state index is -4.67. The minimum absolute atomic E-state index is 0.0708. The number of carbonyl (C=O) groups excluding carboxylic acids is 1. The molecule has 3 rings (SSSR count). The smallest absolute Gasteiger partial charge is 0.417 e. The molecule has 1 saturated heterocycles. The van der Waals surface area contributed by atoms with Crippen LogP contribution in [0.1, 0.15) is 12.8 Å². The highest BCUT2D eigenvalue weighted by Gasteiger charge is 2.41. The van der Waals surface area contributed by atoms with Crippen molar-refractivity contribution in [3.63, 3.8) is 0 Å².